The van der Waals surface area contributed by atoms with Crippen molar-refractivity contribution in [1.82, 2.24) is 0 Å². The van der Waals surface area contributed by atoms with Gasteiger partial charge in [-0.3, -0.25) is 4.79 Å². The van der Waals surface area contributed by atoms with E-state index < -0.39 is 0 Å². The lowest BCUT2D eigenvalue weighted by Gasteiger charge is -2.18. The molecule has 4 heteroatoms. The van der Waals surface area contributed by atoms with Gasteiger partial charge in [0.1, 0.15) is 11.6 Å². The summed E-state index contributed by atoms with van der Waals surface area (Å²) in [5, 5.41) is 2.81. The zero-order valence-electron chi connectivity index (χ0n) is 10.9. The SMILES string of the molecule is O=C(Nc1ccc2c(c1)CCCO2)c1ccc(F)cc1. The van der Waals surface area contributed by atoms with Gasteiger partial charge in [0.2, 0.25) is 0 Å². The highest BCUT2D eigenvalue weighted by atomic mass is 19.1. The van der Waals surface area contributed by atoms with Crippen molar-refractivity contribution < 1.29 is 13.9 Å². The van der Waals surface area contributed by atoms with Gasteiger partial charge in [0.05, 0.1) is 6.61 Å². The second-order valence-electron chi connectivity index (χ2n) is 4.74. The topological polar surface area (TPSA) is 38.3 Å². The van der Waals surface area contributed by atoms with Gasteiger partial charge in [-0.05, 0) is 60.9 Å². The average Bonchev–Trinajstić information content (AvgIpc) is 2.48. The Morgan fingerprint density at radius 1 is 1.15 bits per heavy atom. The minimum Gasteiger partial charge on any atom is -0.493 e. The van der Waals surface area contributed by atoms with Gasteiger partial charge in [-0.25, -0.2) is 4.39 Å². The summed E-state index contributed by atoms with van der Waals surface area (Å²) in [7, 11) is 0. The van der Waals surface area contributed by atoms with Gasteiger partial charge in [0.15, 0.2) is 0 Å². The van der Waals surface area contributed by atoms with Crippen LogP contribution >= 0.6 is 0 Å². The van der Waals surface area contributed by atoms with Crippen molar-refractivity contribution in [1.29, 1.82) is 0 Å². The van der Waals surface area contributed by atoms with Gasteiger partial charge < -0.3 is 10.1 Å². The average molecular weight is 271 g/mol. The summed E-state index contributed by atoms with van der Waals surface area (Å²) in [5.41, 5.74) is 2.26. The Labute approximate surface area is 116 Å². The van der Waals surface area contributed by atoms with Gasteiger partial charge >= 0.3 is 0 Å². The van der Waals surface area contributed by atoms with Crippen molar-refractivity contribution in [3.63, 3.8) is 0 Å². The van der Waals surface area contributed by atoms with Crippen molar-refractivity contribution in [3.8, 4) is 5.75 Å². The van der Waals surface area contributed by atoms with Crippen LogP contribution in [0.15, 0.2) is 42.5 Å². The number of hydrogen-bond donors (Lipinski definition) is 1. The standard InChI is InChI=1S/C16H14FNO2/c17-13-5-3-11(4-6-13)16(19)18-14-7-8-15-12(10-14)2-1-9-20-15/h3-8,10H,1-2,9H2,(H,18,19). The van der Waals surface area contributed by atoms with Crippen molar-refractivity contribution in [2.45, 2.75) is 12.8 Å². The third-order valence-corrected chi connectivity index (χ3v) is 3.27. The number of aryl methyl sites for hydroxylation is 1. The van der Waals surface area contributed by atoms with Gasteiger partial charge in [-0.1, -0.05) is 0 Å². The number of hydrogen-bond acceptors (Lipinski definition) is 2. The Hall–Kier alpha value is -2.36. The summed E-state index contributed by atoms with van der Waals surface area (Å²) in [5.74, 6) is 0.283. The number of carbonyl (C=O) groups is 1. The normalized spacial score (nSPS) is 13.2. The van der Waals surface area contributed by atoms with Crippen molar-refractivity contribution >= 4 is 11.6 Å². The monoisotopic (exact) mass is 271 g/mol. The van der Waals surface area contributed by atoms with Gasteiger partial charge in [-0.2, -0.15) is 0 Å². The predicted molar refractivity (Wildman–Crippen MR) is 74.6 cm³/mol. The zero-order valence-corrected chi connectivity index (χ0v) is 10.9. The first-order valence-corrected chi connectivity index (χ1v) is 6.55. The molecule has 1 amide bonds. The van der Waals surface area contributed by atoms with E-state index in [0.29, 0.717) is 5.56 Å². The lowest BCUT2D eigenvalue weighted by Crippen LogP contribution is -2.13. The maximum absolute atomic E-state index is 12.8. The third-order valence-electron chi connectivity index (χ3n) is 3.27. The van der Waals surface area contributed by atoms with E-state index in [2.05, 4.69) is 5.32 Å². The number of ether oxygens (including phenoxy) is 1. The van der Waals surface area contributed by atoms with Crippen LogP contribution in [0.25, 0.3) is 0 Å². The Kier molecular flexibility index (Phi) is 3.37. The number of halogens is 1. The van der Waals surface area contributed by atoms with E-state index in [0.717, 1.165) is 36.4 Å². The molecule has 1 heterocycles. The van der Waals surface area contributed by atoms with Crippen LogP contribution < -0.4 is 10.1 Å². The van der Waals surface area contributed by atoms with E-state index in [1.165, 1.54) is 24.3 Å². The van der Waals surface area contributed by atoms with E-state index in [-0.39, 0.29) is 11.7 Å². The molecule has 20 heavy (non-hydrogen) atoms. The minimum absolute atomic E-state index is 0.248. The molecule has 0 aromatic heterocycles. The van der Waals surface area contributed by atoms with Crippen LogP contribution in [-0.2, 0) is 6.42 Å². The predicted octanol–water partition coefficient (Wildman–Crippen LogP) is 3.40. The minimum atomic E-state index is -0.354. The fourth-order valence-electron chi connectivity index (χ4n) is 2.24. The first kappa shape index (κ1) is 12.7. The van der Waals surface area contributed by atoms with E-state index in [9.17, 15) is 9.18 Å². The van der Waals surface area contributed by atoms with E-state index in [4.69, 9.17) is 4.74 Å². The molecule has 1 aliphatic heterocycles. The van der Waals surface area contributed by atoms with Crippen molar-refractivity contribution in [2.24, 2.45) is 0 Å². The van der Waals surface area contributed by atoms with Gasteiger partial charge in [0, 0.05) is 11.3 Å². The number of benzene rings is 2. The summed E-state index contributed by atoms with van der Waals surface area (Å²) in [6, 6.07) is 11.1. The Balaban J connectivity index is 1.77. The molecule has 0 saturated carbocycles. The molecule has 2 aromatic rings. The molecule has 102 valence electrons. The molecule has 3 nitrogen and oxygen atoms in total. The number of amides is 1. The molecule has 1 N–H and O–H groups in total. The van der Waals surface area contributed by atoms with Crippen molar-refractivity contribution in [3.05, 3.63) is 59.4 Å². The molecule has 0 aliphatic carbocycles. The van der Waals surface area contributed by atoms with Crippen LogP contribution in [0.5, 0.6) is 5.75 Å². The summed E-state index contributed by atoms with van der Waals surface area (Å²) in [4.78, 5) is 12.0. The van der Waals surface area contributed by atoms with Crippen LogP contribution in [0.4, 0.5) is 10.1 Å². The maximum Gasteiger partial charge on any atom is 0.255 e. The summed E-state index contributed by atoms with van der Waals surface area (Å²) >= 11 is 0. The highest BCUT2D eigenvalue weighted by molar-refractivity contribution is 6.04. The Morgan fingerprint density at radius 3 is 2.75 bits per heavy atom. The van der Waals surface area contributed by atoms with Gasteiger partial charge in [0.25, 0.3) is 5.91 Å². The van der Waals surface area contributed by atoms with Crippen LogP contribution in [0, 0.1) is 5.82 Å². The maximum atomic E-state index is 12.8. The molecular weight excluding hydrogens is 257 g/mol. The second-order valence-corrected chi connectivity index (χ2v) is 4.74. The molecule has 0 bridgehead atoms. The van der Waals surface area contributed by atoms with Crippen molar-refractivity contribution in [2.75, 3.05) is 11.9 Å². The molecule has 0 radical (unpaired) electrons. The molecule has 0 unspecified atom stereocenters. The van der Waals surface area contributed by atoms with Crippen LogP contribution in [0.2, 0.25) is 0 Å². The Bertz CT molecular complexity index is 637. The third kappa shape index (κ3) is 2.64. The number of carbonyl (C=O) groups excluding carboxylic acids is 1. The fourth-order valence-corrected chi connectivity index (χ4v) is 2.24. The number of fused-ring (bicyclic) bond motifs is 1. The molecule has 1 aliphatic rings. The fraction of sp³-hybridized carbons (Fsp3) is 0.188. The first-order valence-electron chi connectivity index (χ1n) is 6.55. The largest absolute Gasteiger partial charge is 0.493 e. The summed E-state index contributed by atoms with van der Waals surface area (Å²) in [6.07, 6.45) is 1.94. The lowest BCUT2D eigenvalue weighted by atomic mass is 10.1. The smallest absolute Gasteiger partial charge is 0.255 e. The number of anilines is 1. The van der Waals surface area contributed by atoms with Crippen LogP contribution in [0.1, 0.15) is 22.3 Å². The molecule has 0 saturated heterocycles. The first-order chi connectivity index (χ1) is 9.72. The zero-order chi connectivity index (χ0) is 13.9. The van der Waals surface area contributed by atoms with Crippen LogP contribution in [-0.4, -0.2) is 12.5 Å². The highest BCUT2D eigenvalue weighted by Gasteiger charge is 2.12. The summed E-state index contributed by atoms with van der Waals surface area (Å²) < 4.78 is 18.3. The van der Waals surface area contributed by atoms with Gasteiger partial charge in [-0.15, -0.1) is 0 Å². The second kappa shape index (κ2) is 5.33. The van der Waals surface area contributed by atoms with E-state index >= 15 is 0 Å². The molecule has 0 atom stereocenters. The van der Waals surface area contributed by atoms with Crippen LogP contribution in [0.3, 0.4) is 0 Å². The summed E-state index contributed by atoms with van der Waals surface area (Å²) in [6.45, 7) is 0.744. The molecule has 2 aromatic carbocycles. The highest BCUT2D eigenvalue weighted by Crippen LogP contribution is 2.27. The molecular formula is C16H14FNO2. The van der Waals surface area contributed by atoms with E-state index in [1.54, 1.807) is 0 Å². The molecule has 0 spiro atoms. The number of nitrogens with one attached hydrogen (secondary N) is 1. The number of rotatable bonds is 2. The molecule has 3 rings (SSSR count). The Morgan fingerprint density at radius 2 is 1.95 bits per heavy atom. The quantitative estimate of drug-likeness (QED) is 0.909. The molecule has 0 fully saturated rings. The lowest BCUT2D eigenvalue weighted by molar-refractivity contribution is 0.102. The van der Waals surface area contributed by atoms with E-state index in [1.807, 2.05) is 18.2 Å².